The molecule has 0 bridgehead atoms. The van der Waals surface area contributed by atoms with E-state index in [2.05, 4.69) is 11.2 Å². The number of rotatable bonds is 3. The largest absolute Gasteiger partial charge is 0.418 e. The van der Waals surface area contributed by atoms with Gasteiger partial charge in [-0.05, 0) is 44.0 Å². The van der Waals surface area contributed by atoms with E-state index < -0.39 is 17.7 Å². The van der Waals surface area contributed by atoms with Crippen molar-refractivity contribution in [1.29, 1.82) is 5.26 Å². The Bertz CT molecular complexity index is 1510. The molecule has 1 aliphatic carbocycles. The van der Waals surface area contributed by atoms with Crippen LogP contribution in [0, 0.1) is 18.3 Å². The molecule has 2 aliphatic rings. The maximum atomic E-state index is 14.0. The van der Waals surface area contributed by atoms with E-state index in [1.807, 2.05) is 30.3 Å². The number of carbonyl (C=O) groups excluding carboxylic acids is 1. The Labute approximate surface area is 216 Å². The van der Waals surface area contributed by atoms with E-state index in [9.17, 15) is 23.2 Å². The number of nitrogens with two attached hydrogens (primary N) is 1. The number of hydrogen-bond donors (Lipinski definition) is 1. The number of aryl methyl sites for hydroxylation is 1. The summed E-state index contributed by atoms with van der Waals surface area (Å²) < 4.78 is 43.4. The monoisotopic (exact) mass is 523 g/mol. The molecule has 2 N–H and O–H groups in total. The minimum atomic E-state index is -4.67. The second-order valence-electron chi connectivity index (χ2n) is 8.87. The number of ketones is 1. The van der Waals surface area contributed by atoms with Gasteiger partial charge in [0.15, 0.2) is 5.78 Å². The number of Topliss-reactive ketones (excluding diaryl/α,β-unsaturated/α-hetero) is 1. The molecule has 0 spiro atoms. The minimum absolute atomic E-state index is 0.0522. The first-order chi connectivity index (χ1) is 17.6. The highest BCUT2D eigenvalue weighted by molar-refractivity contribution is 6.31. The Hall–Kier alpha value is -4.03. The molecule has 1 aromatic heterocycles. The summed E-state index contributed by atoms with van der Waals surface area (Å²) in [6.45, 7) is 1.71. The van der Waals surface area contributed by atoms with Gasteiger partial charge in [0.25, 0.3) is 0 Å². The van der Waals surface area contributed by atoms with E-state index in [0.29, 0.717) is 35.5 Å². The number of hydrogen-bond acceptors (Lipinski definition) is 5. The summed E-state index contributed by atoms with van der Waals surface area (Å²) in [6, 6.07) is 16.2. The molecule has 2 aromatic carbocycles. The number of benzene rings is 2. The van der Waals surface area contributed by atoms with Crippen molar-refractivity contribution in [3.63, 3.8) is 0 Å². The molecule has 0 amide bonds. The van der Waals surface area contributed by atoms with Gasteiger partial charge in [0, 0.05) is 23.3 Å². The summed E-state index contributed by atoms with van der Waals surface area (Å²) in [6.07, 6.45) is -3.71. The van der Waals surface area contributed by atoms with Crippen molar-refractivity contribution >= 4 is 23.1 Å². The zero-order chi connectivity index (χ0) is 26.5. The van der Waals surface area contributed by atoms with E-state index >= 15 is 0 Å². The van der Waals surface area contributed by atoms with Crippen LogP contribution in [0.4, 0.5) is 18.9 Å². The van der Waals surface area contributed by atoms with Gasteiger partial charge in [-0.15, -0.1) is 0 Å². The van der Waals surface area contributed by atoms with Crippen molar-refractivity contribution in [3.8, 4) is 11.8 Å². The third kappa shape index (κ3) is 3.98. The van der Waals surface area contributed by atoms with E-state index in [1.54, 1.807) is 6.92 Å². The van der Waals surface area contributed by atoms with Crippen LogP contribution in [0.5, 0.6) is 0 Å². The van der Waals surface area contributed by atoms with Crippen LogP contribution in [0.25, 0.3) is 5.69 Å². The van der Waals surface area contributed by atoms with Gasteiger partial charge >= 0.3 is 6.18 Å². The average Bonchev–Trinajstić information content (AvgIpc) is 3.17. The first-order valence-electron chi connectivity index (χ1n) is 11.6. The molecule has 10 heteroatoms. The summed E-state index contributed by atoms with van der Waals surface area (Å²) in [5, 5.41) is 15.0. The van der Waals surface area contributed by atoms with Gasteiger partial charge in [0.05, 0.1) is 40.2 Å². The number of para-hydroxylation sites is 2. The van der Waals surface area contributed by atoms with Gasteiger partial charge in [-0.25, -0.2) is 4.68 Å². The Kier molecular flexibility index (Phi) is 6.08. The SMILES string of the molecule is Cc1nn(-c2ccccc2)c(Cl)c1[C@@H]1C(C#N)=C(N)N(c2ccccc2C(F)(F)F)C2=C1C(=O)CCC2. The van der Waals surface area contributed by atoms with E-state index in [1.165, 1.54) is 27.8 Å². The quantitative estimate of drug-likeness (QED) is 0.444. The van der Waals surface area contributed by atoms with E-state index in [-0.39, 0.29) is 40.0 Å². The van der Waals surface area contributed by atoms with Gasteiger partial charge in [0.2, 0.25) is 0 Å². The summed E-state index contributed by atoms with van der Waals surface area (Å²) in [5.74, 6) is -1.38. The maximum absolute atomic E-state index is 14.0. The molecule has 5 rings (SSSR count). The molecule has 2 heterocycles. The lowest BCUT2D eigenvalue weighted by Crippen LogP contribution is -2.39. The van der Waals surface area contributed by atoms with Crippen molar-refractivity contribution < 1.29 is 18.0 Å². The summed E-state index contributed by atoms with van der Waals surface area (Å²) in [4.78, 5) is 14.6. The molecular formula is C27H21ClF3N5O. The summed E-state index contributed by atoms with van der Waals surface area (Å²) >= 11 is 6.82. The van der Waals surface area contributed by atoms with Crippen LogP contribution in [0.3, 0.4) is 0 Å². The lowest BCUT2D eigenvalue weighted by atomic mass is 9.75. The predicted octanol–water partition coefficient (Wildman–Crippen LogP) is 6.16. The maximum Gasteiger partial charge on any atom is 0.418 e. The first-order valence-corrected chi connectivity index (χ1v) is 12.0. The molecule has 1 atom stereocenters. The van der Waals surface area contributed by atoms with Crippen LogP contribution in [0.2, 0.25) is 5.15 Å². The van der Waals surface area contributed by atoms with Crippen molar-refractivity contribution in [3.05, 3.63) is 99.2 Å². The fourth-order valence-corrected chi connectivity index (χ4v) is 5.52. The van der Waals surface area contributed by atoms with Crippen molar-refractivity contribution in [2.45, 2.75) is 38.3 Å². The van der Waals surface area contributed by atoms with Crippen LogP contribution in [-0.2, 0) is 11.0 Å². The second kappa shape index (κ2) is 9.12. The van der Waals surface area contributed by atoms with Crippen LogP contribution in [0.1, 0.15) is 42.0 Å². The molecular weight excluding hydrogens is 503 g/mol. The van der Waals surface area contributed by atoms with E-state index in [4.69, 9.17) is 17.3 Å². The van der Waals surface area contributed by atoms with Gasteiger partial charge in [-0.2, -0.15) is 23.5 Å². The second-order valence-corrected chi connectivity index (χ2v) is 9.23. The Morgan fingerprint density at radius 2 is 1.78 bits per heavy atom. The van der Waals surface area contributed by atoms with Crippen LogP contribution < -0.4 is 10.6 Å². The minimum Gasteiger partial charge on any atom is -0.384 e. The van der Waals surface area contributed by atoms with Crippen molar-refractivity contribution in [2.24, 2.45) is 5.73 Å². The van der Waals surface area contributed by atoms with E-state index in [0.717, 1.165) is 6.07 Å². The van der Waals surface area contributed by atoms with Gasteiger partial charge in [-0.1, -0.05) is 41.9 Å². The number of anilines is 1. The molecule has 0 radical (unpaired) electrons. The number of alkyl halides is 3. The molecule has 1 aliphatic heterocycles. The molecule has 3 aromatic rings. The fraction of sp³-hybridized carbons (Fsp3) is 0.222. The highest BCUT2D eigenvalue weighted by Gasteiger charge is 2.44. The number of halogens is 4. The standard InChI is InChI=1S/C27H21ClF3N5O/c1-15-22(25(28)36(34-15)16-8-3-2-4-9-16)23-17(14-32)26(33)35(20-12-7-13-21(37)24(20)23)19-11-6-5-10-18(19)27(29,30)31/h2-6,8-11,23H,7,12-13,33H2,1H3/t23-/m0/s1. The first kappa shape index (κ1) is 24.7. The zero-order valence-electron chi connectivity index (χ0n) is 19.7. The van der Waals surface area contributed by atoms with Gasteiger partial charge in [0.1, 0.15) is 11.0 Å². The third-order valence-corrected chi connectivity index (χ3v) is 7.06. The summed E-state index contributed by atoms with van der Waals surface area (Å²) in [7, 11) is 0. The fourth-order valence-electron chi connectivity index (χ4n) is 5.14. The normalized spacial score (nSPS) is 18.2. The Morgan fingerprint density at radius 1 is 1.11 bits per heavy atom. The van der Waals surface area contributed by atoms with Crippen molar-refractivity contribution in [2.75, 3.05) is 4.90 Å². The highest BCUT2D eigenvalue weighted by Crippen LogP contribution is 2.50. The van der Waals surface area contributed by atoms with Crippen LogP contribution in [0.15, 0.2) is 77.3 Å². The lowest BCUT2D eigenvalue weighted by molar-refractivity contribution is -0.137. The highest BCUT2D eigenvalue weighted by atomic mass is 35.5. The number of aromatic nitrogens is 2. The molecule has 188 valence electrons. The number of allylic oxidation sites excluding steroid dienone is 3. The molecule has 0 saturated carbocycles. The predicted molar refractivity (Wildman–Crippen MR) is 133 cm³/mol. The molecule has 0 unspecified atom stereocenters. The smallest absolute Gasteiger partial charge is 0.384 e. The number of nitrogens with zero attached hydrogens (tertiary/aromatic N) is 4. The molecule has 37 heavy (non-hydrogen) atoms. The summed E-state index contributed by atoms with van der Waals surface area (Å²) in [5.41, 5.74) is 7.44. The molecule has 6 nitrogen and oxygen atoms in total. The number of nitriles is 1. The van der Waals surface area contributed by atoms with Gasteiger partial charge < -0.3 is 5.73 Å². The molecule has 0 saturated heterocycles. The van der Waals surface area contributed by atoms with Crippen LogP contribution >= 0.6 is 11.6 Å². The topological polar surface area (TPSA) is 87.9 Å². The molecule has 0 fully saturated rings. The lowest BCUT2D eigenvalue weighted by Gasteiger charge is -2.40. The Morgan fingerprint density at radius 3 is 2.46 bits per heavy atom. The van der Waals surface area contributed by atoms with Crippen molar-refractivity contribution in [1.82, 2.24) is 9.78 Å². The number of carbonyl (C=O) groups is 1. The zero-order valence-corrected chi connectivity index (χ0v) is 20.4. The Balaban J connectivity index is 1.78. The van der Waals surface area contributed by atoms with Crippen LogP contribution in [-0.4, -0.2) is 15.6 Å². The van der Waals surface area contributed by atoms with Gasteiger partial charge in [-0.3, -0.25) is 9.69 Å². The third-order valence-electron chi connectivity index (χ3n) is 6.70. The average molecular weight is 524 g/mol.